The van der Waals surface area contributed by atoms with Crippen molar-refractivity contribution >= 4 is 0 Å². The van der Waals surface area contributed by atoms with Crippen LogP contribution in [0.1, 0.15) is 13.3 Å². The van der Waals surface area contributed by atoms with Gasteiger partial charge in [-0.05, 0) is 6.42 Å². The molecule has 5 heteroatoms. The summed E-state index contributed by atoms with van der Waals surface area (Å²) < 4.78 is 12.9. The summed E-state index contributed by atoms with van der Waals surface area (Å²) in [5, 5.41) is 4.23. The lowest BCUT2D eigenvalue weighted by Gasteiger charge is -2.26. The molecule has 1 aromatic rings. The van der Waals surface area contributed by atoms with E-state index in [1.54, 1.807) is 6.20 Å². The Morgan fingerprint density at radius 3 is 2.94 bits per heavy atom. The molecular formula is C12H21N3O2. The molecule has 0 unspecified atom stereocenters. The first-order valence-corrected chi connectivity index (χ1v) is 6.34. The van der Waals surface area contributed by atoms with Crippen LogP contribution in [0.4, 0.5) is 0 Å². The fraction of sp³-hybridized carbons (Fsp3) is 0.750. The van der Waals surface area contributed by atoms with Gasteiger partial charge in [-0.1, -0.05) is 6.92 Å². The Bertz CT molecular complexity index is 321. The lowest BCUT2D eigenvalue weighted by Crippen LogP contribution is -2.38. The normalized spacial score (nSPS) is 17.2. The predicted octanol–water partition coefficient (Wildman–Crippen LogP) is 1.00. The maximum absolute atomic E-state index is 5.67. The first-order valence-electron chi connectivity index (χ1n) is 6.34. The molecule has 1 aliphatic rings. The van der Waals surface area contributed by atoms with Crippen LogP contribution in [-0.2, 0) is 11.3 Å². The molecule has 1 aliphatic heterocycles. The molecule has 2 rings (SSSR count). The molecule has 5 nitrogen and oxygen atoms in total. The van der Waals surface area contributed by atoms with Crippen molar-refractivity contribution in [2.24, 2.45) is 0 Å². The zero-order chi connectivity index (χ0) is 11.9. The SMILES string of the molecule is CCCn1cc(OCCN2CCOCC2)cn1. The summed E-state index contributed by atoms with van der Waals surface area (Å²) in [4.78, 5) is 2.36. The predicted molar refractivity (Wildman–Crippen MR) is 65.3 cm³/mol. The number of hydrogen-bond donors (Lipinski definition) is 0. The zero-order valence-corrected chi connectivity index (χ0v) is 10.5. The van der Waals surface area contributed by atoms with E-state index in [-0.39, 0.29) is 0 Å². The van der Waals surface area contributed by atoms with E-state index in [4.69, 9.17) is 9.47 Å². The number of morpholine rings is 1. The van der Waals surface area contributed by atoms with E-state index in [0.29, 0.717) is 0 Å². The molecule has 0 amide bonds. The van der Waals surface area contributed by atoms with Crippen molar-refractivity contribution < 1.29 is 9.47 Å². The molecule has 0 radical (unpaired) electrons. The van der Waals surface area contributed by atoms with Crippen molar-refractivity contribution in [1.82, 2.24) is 14.7 Å². The van der Waals surface area contributed by atoms with Crippen LogP contribution in [0.3, 0.4) is 0 Å². The van der Waals surface area contributed by atoms with Crippen molar-refractivity contribution in [1.29, 1.82) is 0 Å². The van der Waals surface area contributed by atoms with Crippen molar-refractivity contribution in [2.75, 3.05) is 39.5 Å². The highest BCUT2D eigenvalue weighted by Crippen LogP contribution is 2.08. The first-order chi connectivity index (χ1) is 8.38. The number of ether oxygens (including phenoxy) is 2. The second-order valence-corrected chi connectivity index (χ2v) is 4.24. The second kappa shape index (κ2) is 6.61. The molecule has 0 aliphatic carbocycles. The van der Waals surface area contributed by atoms with E-state index in [2.05, 4.69) is 16.9 Å². The van der Waals surface area contributed by atoms with Gasteiger partial charge in [0, 0.05) is 26.2 Å². The van der Waals surface area contributed by atoms with Gasteiger partial charge < -0.3 is 9.47 Å². The standard InChI is InChI=1S/C12H21N3O2/c1-2-3-15-11-12(10-13-15)17-9-6-14-4-7-16-8-5-14/h10-11H,2-9H2,1H3. The average molecular weight is 239 g/mol. The van der Waals surface area contributed by atoms with Gasteiger partial charge in [0.2, 0.25) is 0 Å². The Morgan fingerprint density at radius 2 is 2.18 bits per heavy atom. The van der Waals surface area contributed by atoms with Crippen molar-refractivity contribution in [3.63, 3.8) is 0 Å². The summed E-state index contributed by atoms with van der Waals surface area (Å²) >= 11 is 0. The summed E-state index contributed by atoms with van der Waals surface area (Å²) in [7, 11) is 0. The van der Waals surface area contributed by atoms with Crippen molar-refractivity contribution in [2.45, 2.75) is 19.9 Å². The molecule has 1 saturated heterocycles. The summed E-state index contributed by atoms with van der Waals surface area (Å²) in [5.41, 5.74) is 0. The van der Waals surface area contributed by atoms with Crippen LogP contribution in [0.5, 0.6) is 5.75 Å². The largest absolute Gasteiger partial charge is 0.489 e. The Kier molecular flexibility index (Phi) is 4.82. The zero-order valence-electron chi connectivity index (χ0n) is 10.5. The number of nitrogens with zero attached hydrogens (tertiary/aromatic N) is 3. The second-order valence-electron chi connectivity index (χ2n) is 4.24. The van der Waals surface area contributed by atoms with Gasteiger partial charge in [0.1, 0.15) is 6.61 Å². The lowest BCUT2D eigenvalue weighted by molar-refractivity contribution is 0.0322. The fourth-order valence-corrected chi connectivity index (χ4v) is 1.89. The number of rotatable bonds is 6. The highest BCUT2D eigenvalue weighted by molar-refractivity contribution is 5.11. The minimum absolute atomic E-state index is 0.720. The molecule has 96 valence electrons. The summed E-state index contributed by atoms with van der Waals surface area (Å²) in [5.74, 6) is 0.867. The molecule has 1 fully saturated rings. The van der Waals surface area contributed by atoms with E-state index >= 15 is 0 Å². The van der Waals surface area contributed by atoms with Gasteiger partial charge in [0.25, 0.3) is 0 Å². The van der Waals surface area contributed by atoms with Gasteiger partial charge in [-0.3, -0.25) is 9.58 Å². The summed E-state index contributed by atoms with van der Waals surface area (Å²) in [6, 6.07) is 0. The van der Waals surface area contributed by atoms with Crippen LogP contribution in [0, 0.1) is 0 Å². The molecule has 0 bridgehead atoms. The van der Waals surface area contributed by atoms with E-state index in [1.165, 1.54) is 0 Å². The Labute approximate surface area is 102 Å². The monoisotopic (exact) mass is 239 g/mol. The molecule has 0 aromatic carbocycles. The fourth-order valence-electron chi connectivity index (χ4n) is 1.89. The quantitative estimate of drug-likeness (QED) is 0.742. The smallest absolute Gasteiger partial charge is 0.157 e. The summed E-state index contributed by atoms with van der Waals surface area (Å²) in [6.45, 7) is 8.48. The highest BCUT2D eigenvalue weighted by Gasteiger charge is 2.09. The topological polar surface area (TPSA) is 39.5 Å². The van der Waals surface area contributed by atoms with Crippen molar-refractivity contribution in [3.8, 4) is 5.75 Å². The van der Waals surface area contributed by atoms with Gasteiger partial charge in [0.05, 0.1) is 25.6 Å². The maximum atomic E-state index is 5.67. The third-order valence-corrected chi connectivity index (χ3v) is 2.84. The lowest BCUT2D eigenvalue weighted by atomic mass is 10.4. The Balaban J connectivity index is 1.66. The third-order valence-electron chi connectivity index (χ3n) is 2.84. The average Bonchev–Trinajstić information content (AvgIpc) is 2.79. The number of hydrogen-bond acceptors (Lipinski definition) is 4. The number of aryl methyl sites for hydroxylation is 1. The third kappa shape index (κ3) is 4.02. The van der Waals surface area contributed by atoms with Crippen LogP contribution in [0.15, 0.2) is 12.4 Å². The minimum Gasteiger partial charge on any atom is -0.489 e. The minimum atomic E-state index is 0.720. The Hall–Kier alpha value is -1.07. The maximum Gasteiger partial charge on any atom is 0.157 e. The molecule has 1 aromatic heterocycles. The molecule has 0 spiro atoms. The molecule has 2 heterocycles. The van der Waals surface area contributed by atoms with Crippen LogP contribution in [-0.4, -0.2) is 54.1 Å². The van der Waals surface area contributed by atoms with Gasteiger partial charge in [-0.2, -0.15) is 5.10 Å². The highest BCUT2D eigenvalue weighted by atomic mass is 16.5. The van der Waals surface area contributed by atoms with Crippen LogP contribution in [0.25, 0.3) is 0 Å². The van der Waals surface area contributed by atoms with E-state index < -0.39 is 0 Å². The van der Waals surface area contributed by atoms with Crippen molar-refractivity contribution in [3.05, 3.63) is 12.4 Å². The first kappa shape index (κ1) is 12.4. The van der Waals surface area contributed by atoms with E-state index in [0.717, 1.165) is 58.2 Å². The van der Waals surface area contributed by atoms with Crippen LogP contribution >= 0.6 is 0 Å². The summed E-state index contributed by atoms with van der Waals surface area (Å²) in [6.07, 6.45) is 4.84. The molecular weight excluding hydrogens is 218 g/mol. The van der Waals surface area contributed by atoms with Crippen LogP contribution in [0.2, 0.25) is 0 Å². The van der Waals surface area contributed by atoms with Gasteiger partial charge in [0.15, 0.2) is 5.75 Å². The molecule has 17 heavy (non-hydrogen) atoms. The number of aromatic nitrogens is 2. The molecule has 0 N–H and O–H groups in total. The molecule has 0 saturated carbocycles. The van der Waals surface area contributed by atoms with Gasteiger partial charge >= 0.3 is 0 Å². The Morgan fingerprint density at radius 1 is 1.35 bits per heavy atom. The van der Waals surface area contributed by atoms with E-state index in [1.807, 2.05) is 10.9 Å². The van der Waals surface area contributed by atoms with Crippen LogP contribution < -0.4 is 4.74 Å². The van der Waals surface area contributed by atoms with E-state index in [9.17, 15) is 0 Å². The van der Waals surface area contributed by atoms with Gasteiger partial charge in [-0.25, -0.2) is 0 Å². The van der Waals surface area contributed by atoms with Gasteiger partial charge in [-0.15, -0.1) is 0 Å². The molecule has 0 atom stereocenters.